The van der Waals surface area contributed by atoms with Crippen LogP contribution in [0, 0.1) is 6.92 Å². The fraction of sp³-hybridized carbons (Fsp3) is 0.800. The number of thiazole rings is 1. The van der Waals surface area contributed by atoms with Crippen LogP contribution in [0.5, 0.6) is 0 Å². The molecule has 2 saturated heterocycles. The van der Waals surface area contributed by atoms with Gasteiger partial charge in [0.15, 0.2) is 0 Å². The highest BCUT2D eigenvalue weighted by Gasteiger charge is 2.34. The standard InChI is InChI=1S/C15H24FN3OS/c1-11-17-13(10-21-11)7-19-6-12(16)5-15(19)8-18(2)14-3-4-20-9-14/h10,12,14-15H,3-9H2,1-2H3/t12-,14+,15-/m0/s1. The predicted molar refractivity (Wildman–Crippen MR) is 82.4 cm³/mol. The molecule has 1 aromatic heterocycles. The molecular weight excluding hydrogens is 289 g/mol. The number of alkyl halides is 1. The maximum absolute atomic E-state index is 13.9. The lowest BCUT2D eigenvalue weighted by Gasteiger charge is -2.30. The van der Waals surface area contributed by atoms with E-state index in [4.69, 9.17) is 4.74 Å². The van der Waals surface area contributed by atoms with Crippen LogP contribution in [0.4, 0.5) is 4.39 Å². The zero-order valence-corrected chi connectivity index (χ0v) is 13.6. The van der Waals surface area contributed by atoms with Gasteiger partial charge in [-0.3, -0.25) is 9.80 Å². The Morgan fingerprint density at radius 1 is 1.57 bits per heavy atom. The molecule has 1 aromatic rings. The summed E-state index contributed by atoms with van der Waals surface area (Å²) in [4.78, 5) is 9.11. The van der Waals surface area contributed by atoms with Gasteiger partial charge in [-0.05, 0) is 26.8 Å². The lowest BCUT2D eigenvalue weighted by atomic mass is 10.1. The van der Waals surface area contributed by atoms with Crippen molar-refractivity contribution < 1.29 is 9.13 Å². The third kappa shape index (κ3) is 3.80. The van der Waals surface area contributed by atoms with Gasteiger partial charge in [-0.2, -0.15) is 0 Å². The number of rotatable bonds is 5. The summed E-state index contributed by atoms with van der Waals surface area (Å²) in [5.74, 6) is 0. The number of nitrogens with zero attached hydrogens (tertiary/aromatic N) is 3. The first-order valence-corrected chi connectivity index (χ1v) is 8.57. The van der Waals surface area contributed by atoms with Crippen LogP contribution in [-0.2, 0) is 11.3 Å². The van der Waals surface area contributed by atoms with E-state index < -0.39 is 6.17 Å². The van der Waals surface area contributed by atoms with Crippen molar-refractivity contribution >= 4 is 11.3 Å². The largest absolute Gasteiger partial charge is 0.380 e. The van der Waals surface area contributed by atoms with Crippen molar-refractivity contribution in [1.29, 1.82) is 0 Å². The summed E-state index contributed by atoms with van der Waals surface area (Å²) in [5.41, 5.74) is 1.07. The first kappa shape index (κ1) is 15.3. The fourth-order valence-electron chi connectivity index (χ4n) is 3.35. The average molecular weight is 313 g/mol. The van der Waals surface area contributed by atoms with Gasteiger partial charge in [-0.15, -0.1) is 11.3 Å². The number of halogens is 1. The summed E-state index contributed by atoms with van der Waals surface area (Å²) in [6.45, 7) is 5.90. The van der Waals surface area contributed by atoms with E-state index in [9.17, 15) is 4.39 Å². The van der Waals surface area contributed by atoms with Crippen LogP contribution in [0.3, 0.4) is 0 Å². The van der Waals surface area contributed by atoms with E-state index in [1.807, 2.05) is 6.92 Å². The number of ether oxygens (including phenoxy) is 1. The maximum atomic E-state index is 13.9. The Balaban J connectivity index is 1.59. The summed E-state index contributed by atoms with van der Waals surface area (Å²) in [6, 6.07) is 0.777. The number of aryl methyl sites for hydroxylation is 1. The van der Waals surface area contributed by atoms with Crippen LogP contribution < -0.4 is 0 Å². The Labute approximate surface area is 129 Å². The Morgan fingerprint density at radius 3 is 3.10 bits per heavy atom. The number of hydrogen-bond acceptors (Lipinski definition) is 5. The van der Waals surface area contributed by atoms with Crippen molar-refractivity contribution in [3.8, 4) is 0 Å². The zero-order chi connectivity index (χ0) is 14.8. The molecule has 0 spiro atoms. The highest BCUT2D eigenvalue weighted by molar-refractivity contribution is 7.09. The second-order valence-electron chi connectivity index (χ2n) is 6.23. The summed E-state index contributed by atoms with van der Waals surface area (Å²) in [6.07, 6.45) is 1.03. The third-order valence-corrected chi connectivity index (χ3v) is 5.36. The van der Waals surface area contributed by atoms with Gasteiger partial charge in [0.2, 0.25) is 0 Å². The molecule has 118 valence electrons. The minimum absolute atomic E-state index is 0.285. The van der Waals surface area contributed by atoms with Crippen molar-refractivity contribution in [2.24, 2.45) is 0 Å². The number of likely N-dealkylation sites (tertiary alicyclic amines) is 1. The molecule has 2 aliphatic rings. The molecule has 2 aliphatic heterocycles. The first-order chi connectivity index (χ1) is 10.1. The molecule has 3 atom stereocenters. The van der Waals surface area contributed by atoms with Gasteiger partial charge in [0.1, 0.15) is 6.17 Å². The monoisotopic (exact) mass is 313 g/mol. The predicted octanol–water partition coefficient (Wildman–Crippen LogP) is 2.08. The van der Waals surface area contributed by atoms with Crippen molar-refractivity contribution in [1.82, 2.24) is 14.8 Å². The van der Waals surface area contributed by atoms with Crippen LogP contribution in [0.2, 0.25) is 0 Å². The molecule has 0 bridgehead atoms. The van der Waals surface area contributed by atoms with E-state index in [1.165, 1.54) is 0 Å². The van der Waals surface area contributed by atoms with Crippen molar-refractivity contribution in [2.75, 3.05) is 33.4 Å². The molecule has 2 fully saturated rings. The van der Waals surface area contributed by atoms with Crippen LogP contribution in [0.1, 0.15) is 23.5 Å². The molecule has 0 saturated carbocycles. The van der Waals surface area contributed by atoms with E-state index in [0.29, 0.717) is 19.0 Å². The quantitative estimate of drug-likeness (QED) is 0.832. The van der Waals surface area contributed by atoms with Gasteiger partial charge in [-0.1, -0.05) is 0 Å². The molecule has 3 heterocycles. The van der Waals surface area contributed by atoms with Crippen LogP contribution in [0.25, 0.3) is 0 Å². The molecule has 21 heavy (non-hydrogen) atoms. The molecule has 3 rings (SSSR count). The smallest absolute Gasteiger partial charge is 0.114 e. The van der Waals surface area contributed by atoms with Gasteiger partial charge in [0.05, 0.1) is 17.3 Å². The summed E-state index contributed by atoms with van der Waals surface area (Å²) in [5, 5.41) is 3.17. The molecule has 0 radical (unpaired) electrons. The van der Waals surface area contributed by atoms with Crippen molar-refractivity contribution in [3.05, 3.63) is 16.1 Å². The Kier molecular flexibility index (Phi) is 4.88. The van der Waals surface area contributed by atoms with Gasteiger partial charge in [0, 0.05) is 43.7 Å². The van der Waals surface area contributed by atoms with E-state index in [0.717, 1.165) is 43.4 Å². The van der Waals surface area contributed by atoms with E-state index >= 15 is 0 Å². The van der Waals surface area contributed by atoms with Crippen LogP contribution in [-0.4, -0.2) is 66.4 Å². The molecule has 0 unspecified atom stereocenters. The first-order valence-electron chi connectivity index (χ1n) is 7.69. The number of hydrogen-bond donors (Lipinski definition) is 0. The molecule has 4 nitrogen and oxygen atoms in total. The second-order valence-corrected chi connectivity index (χ2v) is 7.29. The number of likely N-dealkylation sites (N-methyl/N-ethyl adjacent to an activating group) is 1. The van der Waals surface area contributed by atoms with Crippen LogP contribution >= 0.6 is 11.3 Å². The molecular formula is C15H24FN3OS. The fourth-order valence-corrected chi connectivity index (χ4v) is 3.95. The minimum Gasteiger partial charge on any atom is -0.380 e. The highest BCUT2D eigenvalue weighted by Crippen LogP contribution is 2.25. The Morgan fingerprint density at radius 2 is 2.43 bits per heavy atom. The van der Waals surface area contributed by atoms with E-state index in [2.05, 4.69) is 27.2 Å². The van der Waals surface area contributed by atoms with Gasteiger partial charge >= 0.3 is 0 Å². The molecule has 0 N–H and O–H groups in total. The van der Waals surface area contributed by atoms with E-state index in [1.54, 1.807) is 11.3 Å². The van der Waals surface area contributed by atoms with Crippen molar-refractivity contribution in [2.45, 2.75) is 44.6 Å². The van der Waals surface area contributed by atoms with Gasteiger partial charge < -0.3 is 4.74 Å². The summed E-state index contributed by atoms with van der Waals surface area (Å²) < 4.78 is 19.3. The summed E-state index contributed by atoms with van der Waals surface area (Å²) in [7, 11) is 2.13. The van der Waals surface area contributed by atoms with Gasteiger partial charge in [-0.25, -0.2) is 9.37 Å². The SMILES string of the molecule is Cc1nc(CN2C[C@@H](F)C[C@H]2CN(C)[C@@H]2CCOC2)cs1. The lowest BCUT2D eigenvalue weighted by molar-refractivity contribution is 0.130. The highest BCUT2D eigenvalue weighted by atomic mass is 32.1. The van der Waals surface area contributed by atoms with Crippen LogP contribution in [0.15, 0.2) is 5.38 Å². The normalized spacial score (nSPS) is 30.6. The summed E-state index contributed by atoms with van der Waals surface area (Å²) >= 11 is 1.67. The second kappa shape index (κ2) is 6.69. The Hall–Kier alpha value is -0.560. The molecule has 0 amide bonds. The van der Waals surface area contributed by atoms with E-state index in [-0.39, 0.29) is 6.04 Å². The topological polar surface area (TPSA) is 28.6 Å². The Bertz CT molecular complexity index is 464. The third-order valence-electron chi connectivity index (χ3n) is 4.54. The minimum atomic E-state index is -0.706. The molecule has 6 heteroatoms. The lowest BCUT2D eigenvalue weighted by Crippen LogP contribution is -2.43. The maximum Gasteiger partial charge on any atom is 0.114 e. The molecule has 0 aromatic carbocycles. The van der Waals surface area contributed by atoms with Crippen molar-refractivity contribution in [3.63, 3.8) is 0 Å². The average Bonchev–Trinajstić information content (AvgIpc) is 3.13. The zero-order valence-electron chi connectivity index (χ0n) is 12.8. The van der Waals surface area contributed by atoms with Gasteiger partial charge in [0.25, 0.3) is 0 Å². The molecule has 0 aliphatic carbocycles. The number of aromatic nitrogens is 1.